The van der Waals surface area contributed by atoms with Crippen molar-refractivity contribution >= 4 is 0 Å². The molecule has 0 aliphatic carbocycles. The summed E-state index contributed by atoms with van der Waals surface area (Å²) in [6, 6.07) is 0. The van der Waals surface area contributed by atoms with E-state index in [2.05, 4.69) is 27.7 Å². The summed E-state index contributed by atoms with van der Waals surface area (Å²) in [5, 5.41) is 31.7. The minimum Gasteiger partial charge on any atom is -0.507 e. The highest BCUT2D eigenvalue weighted by molar-refractivity contribution is 5.56. The van der Waals surface area contributed by atoms with Gasteiger partial charge in [0.05, 0.1) is 5.60 Å². The summed E-state index contributed by atoms with van der Waals surface area (Å²) in [5.74, 6) is 2.89. The maximum atomic E-state index is 10.9. The average Bonchev–Trinajstić information content (AvgIpc) is 2.70. The minimum atomic E-state index is -0.752. The monoisotopic (exact) mass is 448 g/mol. The van der Waals surface area contributed by atoms with Crippen LogP contribution in [0.15, 0.2) is 0 Å². The fourth-order valence-electron chi connectivity index (χ4n) is 4.82. The van der Waals surface area contributed by atoms with E-state index in [9.17, 15) is 15.3 Å². The molecule has 0 aromatic heterocycles. The fourth-order valence-corrected chi connectivity index (χ4v) is 4.82. The molecule has 3 N–H and O–H groups in total. The molecule has 3 unspecified atom stereocenters. The van der Waals surface area contributed by atoms with E-state index >= 15 is 0 Å². The standard InChI is InChI=1S/C29H52O3/c1-20(2)12-9-13-21(3)14-10-15-22(4)16-11-18-29(8,32)19-17-26-25(7)27(30)23(5)24(6)28(26)31/h20-22,30-32H,9-19H2,1-8H3. The predicted molar refractivity (Wildman–Crippen MR) is 138 cm³/mol. The Bertz CT molecular complexity index is 661. The average molecular weight is 449 g/mol. The lowest BCUT2D eigenvalue weighted by molar-refractivity contribution is 0.0384. The molecule has 0 radical (unpaired) electrons. The Morgan fingerprint density at radius 3 is 1.66 bits per heavy atom. The topological polar surface area (TPSA) is 60.7 Å². The molecular formula is C29H52O3. The molecule has 0 heterocycles. The van der Waals surface area contributed by atoms with Gasteiger partial charge in [0.15, 0.2) is 0 Å². The van der Waals surface area contributed by atoms with Crippen molar-refractivity contribution in [3.63, 3.8) is 0 Å². The maximum absolute atomic E-state index is 10.9. The Morgan fingerprint density at radius 2 is 1.12 bits per heavy atom. The van der Waals surface area contributed by atoms with Crippen molar-refractivity contribution in [2.24, 2.45) is 17.8 Å². The molecular weight excluding hydrogens is 396 g/mol. The highest BCUT2D eigenvalue weighted by Gasteiger charge is 2.23. The number of rotatable bonds is 15. The Morgan fingerprint density at radius 1 is 0.656 bits per heavy atom. The first-order valence-electron chi connectivity index (χ1n) is 13.1. The van der Waals surface area contributed by atoms with Gasteiger partial charge in [-0.15, -0.1) is 0 Å². The third-order valence-corrected chi connectivity index (χ3v) is 7.56. The number of benzene rings is 1. The first-order chi connectivity index (χ1) is 14.9. The van der Waals surface area contributed by atoms with Crippen LogP contribution in [0.1, 0.15) is 121 Å². The third-order valence-electron chi connectivity index (χ3n) is 7.56. The normalized spacial score (nSPS) is 15.7. The van der Waals surface area contributed by atoms with Gasteiger partial charge in [0.1, 0.15) is 11.5 Å². The summed E-state index contributed by atoms with van der Waals surface area (Å²) in [7, 11) is 0. The van der Waals surface area contributed by atoms with Crippen molar-refractivity contribution in [3.05, 3.63) is 22.3 Å². The molecule has 0 fully saturated rings. The highest BCUT2D eigenvalue weighted by Crippen LogP contribution is 2.38. The molecule has 0 amide bonds. The van der Waals surface area contributed by atoms with Gasteiger partial charge in [0, 0.05) is 5.56 Å². The van der Waals surface area contributed by atoms with Crippen molar-refractivity contribution in [1.29, 1.82) is 0 Å². The zero-order valence-corrected chi connectivity index (χ0v) is 22.4. The summed E-state index contributed by atoms with van der Waals surface area (Å²) in [6.45, 7) is 16.8. The molecule has 1 aromatic rings. The zero-order chi connectivity index (χ0) is 24.5. The molecule has 32 heavy (non-hydrogen) atoms. The van der Waals surface area contributed by atoms with E-state index in [4.69, 9.17) is 0 Å². The van der Waals surface area contributed by atoms with Crippen LogP contribution in [0, 0.1) is 38.5 Å². The lowest BCUT2D eigenvalue weighted by Gasteiger charge is -2.25. The quantitative estimate of drug-likeness (QED) is 0.237. The molecule has 3 nitrogen and oxygen atoms in total. The van der Waals surface area contributed by atoms with Crippen LogP contribution in [0.25, 0.3) is 0 Å². The van der Waals surface area contributed by atoms with Gasteiger partial charge in [-0.2, -0.15) is 0 Å². The molecule has 0 bridgehead atoms. The van der Waals surface area contributed by atoms with Crippen LogP contribution in [0.3, 0.4) is 0 Å². The fraction of sp³-hybridized carbons (Fsp3) is 0.793. The largest absolute Gasteiger partial charge is 0.507 e. The molecule has 186 valence electrons. The van der Waals surface area contributed by atoms with E-state index in [1.165, 1.54) is 38.5 Å². The number of hydrogen-bond acceptors (Lipinski definition) is 3. The number of hydrogen-bond donors (Lipinski definition) is 3. The van der Waals surface area contributed by atoms with Crippen LogP contribution >= 0.6 is 0 Å². The Labute approximate surface area is 198 Å². The molecule has 0 spiro atoms. The lowest BCUT2D eigenvalue weighted by atomic mass is 9.86. The van der Waals surface area contributed by atoms with Crippen molar-refractivity contribution < 1.29 is 15.3 Å². The Hall–Kier alpha value is -1.22. The van der Waals surface area contributed by atoms with E-state index < -0.39 is 5.60 Å². The second kappa shape index (κ2) is 13.5. The molecule has 3 heteroatoms. The van der Waals surface area contributed by atoms with Crippen molar-refractivity contribution in [2.75, 3.05) is 0 Å². The Kier molecular flexibility index (Phi) is 12.1. The molecule has 0 saturated carbocycles. The van der Waals surface area contributed by atoms with Crippen LogP contribution < -0.4 is 0 Å². The summed E-state index contributed by atoms with van der Waals surface area (Å²) in [5.41, 5.74) is 2.20. The molecule has 0 saturated heterocycles. The van der Waals surface area contributed by atoms with Crippen LogP contribution in [0.2, 0.25) is 0 Å². The number of aliphatic hydroxyl groups is 1. The van der Waals surface area contributed by atoms with Gasteiger partial charge < -0.3 is 15.3 Å². The summed E-state index contributed by atoms with van der Waals surface area (Å²) in [4.78, 5) is 0. The van der Waals surface area contributed by atoms with Gasteiger partial charge in [-0.1, -0.05) is 79.1 Å². The molecule has 0 aliphatic heterocycles. The number of phenols is 2. The second-order valence-electron chi connectivity index (χ2n) is 11.4. The summed E-state index contributed by atoms with van der Waals surface area (Å²) >= 11 is 0. The third kappa shape index (κ3) is 9.73. The summed E-state index contributed by atoms with van der Waals surface area (Å²) < 4.78 is 0. The van der Waals surface area contributed by atoms with Crippen molar-refractivity contribution in [3.8, 4) is 11.5 Å². The highest BCUT2D eigenvalue weighted by atomic mass is 16.3. The Balaban J connectivity index is 2.36. The molecule has 1 aromatic carbocycles. The second-order valence-corrected chi connectivity index (χ2v) is 11.4. The number of aromatic hydroxyl groups is 2. The van der Waals surface area contributed by atoms with Gasteiger partial charge in [0.25, 0.3) is 0 Å². The van der Waals surface area contributed by atoms with Crippen LogP contribution in [-0.4, -0.2) is 20.9 Å². The van der Waals surface area contributed by atoms with E-state index in [0.29, 0.717) is 18.8 Å². The van der Waals surface area contributed by atoms with E-state index in [1.807, 2.05) is 27.7 Å². The smallest absolute Gasteiger partial charge is 0.122 e. The first-order valence-corrected chi connectivity index (χ1v) is 13.1. The van der Waals surface area contributed by atoms with Crippen LogP contribution in [-0.2, 0) is 6.42 Å². The first kappa shape index (κ1) is 28.8. The number of phenolic OH excluding ortho intramolecular Hbond substituents is 2. The van der Waals surface area contributed by atoms with Gasteiger partial charge in [-0.3, -0.25) is 0 Å². The van der Waals surface area contributed by atoms with Gasteiger partial charge >= 0.3 is 0 Å². The van der Waals surface area contributed by atoms with Crippen LogP contribution in [0.5, 0.6) is 11.5 Å². The molecule has 0 aliphatic rings. The molecule has 1 rings (SSSR count). The summed E-state index contributed by atoms with van der Waals surface area (Å²) in [6.07, 6.45) is 12.1. The van der Waals surface area contributed by atoms with Crippen LogP contribution in [0.4, 0.5) is 0 Å². The predicted octanol–water partition coefficient (Wildman–Crippen LogP) is 8.15. The van der Waals surface area contributed by atoms with Crippen molar-refractivity contribution in [1.82, 2.24) is 0 Å². The minimum absolute atomic E-state index is 0.262. The van der Waals surface area contributed by atoms with E-state index in [0.717, 1.165) is 53.4 Å². The zero-order valence-electron chi connectivity index (χ0n) is 22.4. The van der Waals surface area contributed by atoms with Gasteiger partial charge in [-0.05, 0) is 81.4 Å². The maximum Gasteiger partial charge on any atom is 0.122 e. The van der Waals surface area contributed by atoms with E-state index in [-0.39, 0.29) is 11.5 Å². The van der Waals surface area contributed by atoms with Crippen molar-refractivity contribution in [2.45, 2.75) is 132 Å². The lowest BCUT2D eigenvalue weighted by Crippen LogP contribution is -2.25. The van der Waals surface area contributed by atoms with Gasteiger partial charge in [-0.25, -0.2) is 0 Å². The molecule has 3 atom stereocenters. The van der Waals surface area contributed by atoms with Gasteiger partial charge in [0.2, 0.25) is 0 Å². The SMILES string of the molecule is Cc1c(C)c(O)c(CCC(C)(O)CCCC(C)CCCC(C)CCCC(C)C)c(C)c1O. The van der Waals surface area contributed by atoms with E-state index in [1.54, 1.807) is 0 Å².